The molecule has 1 rings (SSSR count). The molecule has 0 aliphatic rings. The summed E-state index contributed by atoms with van der Waals surface area (Å²) < 4.78 is 14.3. The molecule has 0 heterocycles. The van der Waals surface area contributed by atoms with Crippen LogP contribution < -0.4 is 5.32 Å². The first-order chi connectivity index (χ1) is 6.02. The molecule has 4 heteroatoms. The fraction of sp³-hybridized carbons (Fsp3) is 0.222. The second-order valence-electron chi connectivity index (χ2n) is 2.72. The van der Waals surface area contributed by atoms with Crippen molar-refractivity contribution in [3.05, 3.63) is 27.1 Å². The van der Waals surface area contributed by atoms with E-state index in [9.17, 15) is 9.18 Å². The molecular weight excluding hydrogens is 284 g/mol. The van der Waals surface area contributed by atoms with Crippen molar-refractivity contribution in [1.82, 2.24) is 0 Å². The summed E-state index contributed by atoms with van der Waals surface area (Å²) in [5.41, 5.74) is 0.803. The Bertz CT molecular complexity index is 352. The number of halogens is 2. The second kappa shape index (κ2) is 4.04. The van der Waals surface area contributed by atoms with Gasteiger partial charge in [-0.1, -0.05) is 0 Å². The highest BCUT2D eigenvalue weighted by molar-refractivity contribution is 14.1. The molecule has 13 heavy (non-hydrogen) atoms. The van der Waals surface area contributed by atoms with Crippen molar-refractivity contribution in [2.24, 2.45) is 0 Å². The van der Waals surface area contributed by atoms with Crippen LogP contribution in [0.25, 0.3) is 0 Å². The first-order valence-electron chi connectivity index (χ1n) is 3.74. The third kappa shape index (κ3) is 2.40. The molecule has 70 valence electrons. The molecule has 0 fully saturated rings. The highest BCUT2D eigenvalue weighted by Gasteiger charge is 2.08. The summed E-state index contributed by atoms with van der Waals surface area (Å²) in [7, 11) is 0. The zero-order chi connectivity index (χ0) is 10.0. The normalized spacial score (nSPS) is 9.85. The Morgan fingerprint density at radius 1 is 1.54 bits per heavy atom. The number of hydrogen-bond donors (Lipinski definition) is 1. The number of carbonyl (C=O) groups is 1. The van der Waals surface area contributed by atoms with Gasteiger partial charge in [-0.15, -0.1) is 0 Å². The van der Waals surface area contributed by atoms with Gasteiger partial charge in [-0.05, 0) is 41.6 Å². The molecule has 0 aromatic heterocycles. The summed E-state index contributed by atoms with van der Waals surface area (Å²) in [6.07, 6.45) is 0. The lowest BCUT2D eigenvalue weighted by molar-refractivity contribution is -0.114. The molecule has 1 amide bonds. The van der Waals surface area contributed by atoms with Gasteiger partial charge in [-0.25, -0.2) is 4.39 Å². The molecule has 1 aromatic rings. The lowest BCUT2D eigenvalue weighted by Gasteiger charge is -2.06. The molecule has 0 unspecified atom stereocenters. The first kappa shape index (κ1) is 10.4. The van der Waals surface area contributed by atoms with Gasteiger partial charge in [0.2, 0.25) is 5.91 Å². The fourth-order valence-electron chi connectivity index (χ4n) is 0.948. The summed E-state index contributed by atoms with van der Waals surface area (Å²) in [6, 6.07) is 3.33. The number of amides is 1. The molecular formula is C9H9FINO. The van der Waals surface area contributed by atoms with E-state index < -0.39 is 0 Å². The monoisotopic (exact) mass is 293 g/mol. The fourth-order valence-corrected chi connectivity index (χ4v) is 1.36. The number of rotatable bonds is 1. The summed E-state index contributed by atoms with van der Waals surface area (Å²) in [5.74, 6) is -0.624. The Balaban J connectivity index is 3.10. The topological polar surface area (TPSA) is 29.1 Å². The lowest BCUT2D eigenvalue weighted by Crippen LogP contribution is -2.08. The number of anilines is 1. The highest BCUT2D eigenvalue weighted by Crippen LogP contribution is 2.22. The van der Waals surface area contributed by atoms with Crippen LogP contribution in [-0.4, -0.2) is 5.91 Å². The van der Waals surface area contributed by atoms with Crippen molar-refractivity contribution in [3.63, 3.8) is 0 Å². The van der Waals surface area contributed by atoms with Crippen LogP contribution in [0.3, 0.4) is 0 Å². The Kier molecular flexibility index (Phi) is 3.24. The molecule has 0 aliphatic heterocycles. The van der Waals surface area contributed by atoms with Gasteiger partial charge in [0.15, 0.2) is 5.82 Å². The molecule has 2 nitrogen and oxygen atoms in total. The van der Waals surface area contributed by atoms with Crippen molar-refractivity contribution >= 4 is 34.2 Å². The Hall–Kier alpha value is -0.650. The SMILES string of the molecule is CC(=O)Nc1ccc(I)c(C)c1F. The maximum atomic E-state index is 13.4. The quantitative estimate of drug-likeness (QED) is 0.793. The Morgan fingerprint density at radius 3 is 2.69 bits per heavy atom. The van der Waals surface area contributed by atoms with E-state index in [1.807, 2.05) is 22.6 Å². The average molecular weight is 293 g/mol. The number of hydrogen-bond acceptors (Lipinski definition) is 1. The molecule has 0 spiro atoms. The molecule has 0 atom stereocenters. The van der Waals surface area contributed by atoms with Crippen LogP contribution >= 0.6 is 22.6 Å². The van der Waals surface area contributed by atoms with Gasteiger partial charge in [0.25, 0.3) is 0 Å². The smallest absolute Gasteiger partial charge is 0.221 e. The predicted molar refractivity (Wildman–Crippen MR) is 58.2 cm³/mol. The summed E-state index contributed by atoms with van der Waals surface area (Å²) in [6.45, 7) is 3.04. The van der Waals surface area contributed by atoms with Gasteiger partial charge in [0, 0.05) is 16.1 Å². The molecule has 0 saturated carbocycles. The van der Waals surface area contributed by atoms with Crippen LogP contribution in [-0.2, 0) is 4.79 Å². The van der Waals surface area contributed by atoms with Crippen molar-refractivity contribution in [2.75, 3.05) is 5.32 Å². The van der Waals surface area contributed by atoms with Gasteiger partial charge in [-0.3, -0.25) is 4.79 Å². The first-order valence-corrected chi connectivity index (χ1v) is 4.82. The van der Waals surface area contributed by atoms with Crippen LogP contribution in [0, 0.1) is 16.3 Å². The van der Waals surface area contributed by atoms with Crippen molar-refractivity contribution < 1.29 is 9.18 Å². The molecule has 0 radical (unpaired) electrons. The van der Waals surface area contributed by atoms with Crippen LogP contribution in [0.2, 0.25) is 0 Å². The van der Waals surface area contributed by atoms with Crippen molar-refractivity contribution in [3.8, 4) is 0 Å². The predicted octanol–water partition coefficient (Wildman–Crippen LogP) is 2.70. The Morgan fingerprint density at radius 2 is 2.15 bits per heavy atom. The second-order valence-corrected chi connectivity index (χ2v) is 3.88. The van der Waals surface area contributed by atoms with Gasteiger partial charge >= 0.3 is 0 Å². The maximum absolute atomic E-state index is 13.4. The van der Waals surface area contributed by atoms with Gasteiger partial charge < -0.3 is 5.32 Å². The lowest BCUT2D eigenvalue weighted by atomic mass is 10.2. The number of carbonyl (C=O) groups excluding carboxylic acids is 1. The third-order valence-electron chi connectivity index (χ3n) is 1.63. The average Bonchev–Trinajstić information content (AvgIpc) is 2.06. The van der Waals surface area contributed by atoms with Gasteiger partial charge in [0.1, 0.15) is 0 Å². The van der Waals surface area contributed by atoms with E-state index in [2.05, 4.69) is 5.32 Å². The van der Waals surface area contributed by atoms with Crippen LogP contribution in [0.1, 0.15) is 12.5 Å². The Labute approximate surface area is 89.7 Å². The standard InChI is InChI=1S/C9H9FINO/c1-5-7(11)3-4-8(9(5)10)12-6(2)13/h3-4H,1-2H3,(H,12,13). The van der Waals surface area contributed by atoms with E-state index in [0.29, 0.717) is 5.56 Å². The minimum atomic E-state index is -0.359. The summed E-state index contributed by atoms with van der Waals surface area (Å²) in [5, 5.41) is 2.42. The van der Waals surface area contributed by atoms with Gasteiger partial charge in [-0.2, -0.15) is 0 Å². The van der Waals surface area contributed by atoms with E-state index in [1.54, 1.807) is 19.1 Å². The molecule has 0 bridgehead atoms. The van der Waals surface area contributed by atoms with E-state index in [1.165, 1.54) is 6.92 Å². The third-order valence-corrected chi connectivity index (χ3v) is 2.80. The maximum Gasteiger partial charge on any atom is 0.221 e. The van der Waals surface area contributed by atoms with Crippen LogP contribution in [0.4, 0.5) is 10.1 Å². The highest BCUT2D eigenvalue weighted by atomic mass is 127. The van der Waals surface area contributed by atoms with E-state index in [4.69, 9.17) is 0 Å². The molecule has 0 saturated heterocycles. The molecule has 0 aliphatic carbocycles. The van der Waals surface area contributed by atoms with Crippen molar-refractivity contribution in [2.45, 2.75) is 13.8 Å². The minimum absolute atomic E-state index is 0.241. The van der Waals surface area contributed by atoms with E-state index in [0.717, 1.165) is 3.57 Å². The number of nitrogens with one attached hydrogen (secondary N) is 1. The van der Waals surface area contributed by atoms with E-state index in [-0.39, 0.29) is 17.4 Å². The zero-order valence-corrected chi connectivity index (χ0v) is 9.48. The summed E-state index contributed by atoms with van der Waals surface area (Å²) in [4.78, 5) is 10.7. The van der Waals surface area contributed by atoms with E-state index >= 15 is 0 Å². The van der Waals surface area contributed by atoms with Crippen LogP contribution in [0.15, 0.2) is 12.1 Å². The minimum Gasteiger partial charge on any atom is -0.324 e. The molecule has 1 N–H and O–H groups in total. The molecule has 1 aromatic carbocycles. The number of benzene rings is 1. The zero-order valence-electron chi connectivity index (χ0n) is 7.32. The summed E-state index contributed by atoms with van der Waals surface area (Å²) >= 11 is 2.05. The van der Waals surface area contributed by atoms with Gasteiger partial charge in [0.05, 0.1) is 5.69 Å². The van der Waals surface area contributed by atoms with Crippen molar-refractivity contribution in [1.29, 1.82) is 0 Å². The largest absolute Gasteiger partial charge is 0.324 e. The van der Waals surface area contributed by atoms with Crippen LogP contribution in [0.5, 0.6) is 0 Å².